The summed E-state index contributed by atoms with van der Waals surface area (Å²) in [5.74, 6) is -1.03. The van der Waals surface area contributed by atoms with Crippen LogP contribution in [0.2, 0.25) is 0 Å². The van der Waals surface area contributed by atoms with E-state index < -0.39 is 11.9 Å². The number of carbonyl (C=O) groups is 1. The molecule has 1 unspecified atom stereocenters. The van der Waals surface area contributed by atoms with Crippen LogP contribution in [0.4, 0.5) is 0 Å². The van der Waals surface area contributed by atoms with Crippen molar-refractivity contribution in [3.63, 3.8) is 0 Å². The molecule has 3 nitrogen and oxygen atoms in total. The Labute approximate surface area is 77.0 Å². The van der Waals surface area contributed by atoms with Crippen molar-refractivity contribution >= 4 is 5.97 Å². The molecule has 0 saturated carbocycles. The number of ether oxygens (including phenoxy) is 1. The molecule has 1 radical (unpaired) electrons. The molecule has 0 spiro atoms. The van der Waals surface area contributed by atoms with Crippen LogP contribution in [0.3, 0.4) is 0 Å². The van der Waals surface area contributed by atoms with Crippen molar-refractivity contribution in [2.24, 2.45) is 0 Å². The van der Waals surface area contributed by atoms with E-state index in [-0.39, 0.29) is 0 Å². The molecular formula is C10H11O3. The molecule has 0 aliphatic carbocycles. The van der Waals surface area contributed by atoms with Crippen molar-refractivity contribution < 1.29 is 14.6 Å². The maximum absolute atomic E-state index is 10.6. The molecule has 0 fully saturated rings. The summed E-state index contributed by atoms with van der Waals surface area (Å²) in [5.41, 5.74) is 0.645. The quantitative estimate of drug-likeness (QED) is 0.768. The zero-order valence-electron chi connectivity index (χ0n) is 7.36. The number of hydrogen-bond donors (Lipinski definition) is 1. The molecule has 1 rings (SSSR count). The molecule has 1 atom stereocenters. The lowest BCUT2D eigenvalue weighted by Gasteiger charge is -2.07. The van der Waals surface area contributed by atoms with Crippen molar-refractivity contribution in [3.8, 4) is 5.75 Å². The van der Waals surface area contributed by atoms with E-state index in [1.165, 1.54) is 7.11 Å². The molecule has 0 aliphatic heterocycles. The Hall–Kier alpha value is -1.51. The second-order valence-electron chi connectivity index (χ2n) is 2.67. The summed E-state index contributed by atoms with van der Waals surface area (Å²) in [7, 11) is 1.54. The van der Waals surface area contributed by atoms with Gasteiger partial charge in [0.1, 0.15) is 5.75 Å². The Morgan fingerprint density at radius 3 is 2.85 bits per heavy atom. The number of methoxy groups -OCH3 is 1. The second-order valence-corrected chi connectivity index (χ2v) is 2.67. The first-order valence-corrected chi connectivity index (χ1v) is 3.85. The van der Waals surface area contributed by atoms with E-state index in [4.69, 9.17) is 9.84 Å². The predicted octanol–water partition coefficient (Wildman–Crippen LogP) is 1.70. The van der Waals surface area contributed by atoms with E-state index in [9.17, 15) is 4.79 Å². The molecule has 1 aromatic carbocycles. The smallest absolute Gasteiger partial charge is 0.310 e. The highest BCUT2D eigenvalue weighted by molar-refractivity contribution is 5.77. The third kappa shape index (κ3) is 2.21. The number of benzene rings is 1. The van der Waals surface area contributed by atoms with Crippen LogP contribution in [-0.2, 0) is 4.79 Å². The van der Waals surface area contributed by atoms with Crippen molar-refractivity contribution in [1.29, 1.82) is 0 Å². The molecule has 1 N–H and O–H groups in total. The molecule has 0 heterocycles. The fourth-order valence-electron chi connectivity index (χ4n) is 1.00. The lowest BCUT2D eigenvalue weighted by Crippen LogP contribution is -2.07. The van der Waals surface area contributed by atoms with Gasteiger partial charge >= 0.3 is 5.97 Å². The van der Waals surface area contributed by atoms with Crippen LogP contribution in [0.5, 0.6) is 5.75 Å². The van der Waals surface area contributed by atoms with Gasteiger partial charge in [0.2, 0.25) is 0 Å². The first-order valence-electron chi connectivity index (χ1n) is 3.85. The van der Waals surface area contributed by atoms with Gasteiger partial charge < -0.3 is 9.84 Å². The molecule has 3 heteroatoms. The topological polar surface area (TPSA) is 46.5 Å². The van der Waals surface area contributed by atoms with Gasteiger partial charge in [-0.3, -0.25) is 4.79 Å². The fraction of sp³-hybridized carbons (Fsp3) is 0.200. The molecule has 69 valence electrons. The third-order valence-corrected chi connectivity index (χ3v) is 1.79. The number of carboxylic acids is 1. The van der Waals surface area contributed by atoms with Crippen LogP contribution < -0.4 is 4.74 Å². The molecular weight excluding hydrogens is 168 g/mol. The molecule has 0 aliphatic rings. The predicted molar refractivity (Wildman–Crippen MR) is 48.7 cm³/mol. The SMILES string of the molecule is [CH2]C(C(=O)O)c1cccc(OC)c1. The van der Waals surface area contributed by atoms with Crippen LogP contribution in [0.25, 0.3) is 0 Å². The van der Waals surface area contributed by atoms with Gasteiger partial charge in [0.05, 0.1) is 13.0 Å². The summed E-state index contributed by atoms with van der Waals surface area (Å²) in [4.78, 5) is 10.6. The van der Waals surface area contributed by atoms with E-state index >= 15 is 0 Å². The van der Waals surface area contributed by atoms with Gasteiger partial charge in [-0.1, -0.05) is 12.1 Å². The monoisotopic (exact) mass is 179 g/mol. The van der Waals surface area contributed by atoms with E-state index in [1.807, 2.05) is 0 Å². The van der Waals surface area contributed by atoms with Gasteiger partial charge in [-0.25, -0.2) is 0 Å². The largest absolute Gasteiger partial charge is 0.497 e. The van der Waals surface area contributed by atoms with Crippen molar-refractivity contribution in [2.45, 2.75) is 5.92 Å². The Balaban J connectivity index is 2.94. The van der Waals surface area contributed by atoms with E-state index in [1.54, 1.807) is 24.3 Å². The van der Waals surface area contributed by atoms with Crippen molar-refractivity contribution in [1.82, 2.24) is 0 Å². The highest BCUT2D eigenvalue weighted by atomic mass is 16.5. The molecule has 13 heavy (non-hydrogen) atoms. The fourth-order valence-corrected chi connectivity index (χ4v) is 1.00. The van der Waals surface area contributed by atoms with Crippen LogP contribution in [0.1, 0.15) is 11.5 Å². The van der Waals surface area contributed by atoms with Gasteiger partial charge in [-0.15, -0.1) is 0 Å². The van der Waals surface area contributed by atoms with E-state index in [0.29, 0.717) is 11.3 Å². The van der Waals surface area contributed by atoms with Gasteiger partial charge in [0.15, 0.2) is 0 Å². The zero-order chi connectivity index (χ0) is 9.84. The minimum Gasteiger partial charge on any atom is -0.497 e. The normalized spacial score (nSPS) is 12.2. The van der Waals surface area contributed by atoms with Crippen LogP contribution >= 0.6 is 0 Å². The number of hydrogen-bond acceptors (Lipinski definition) is 2. The average Bonchev–Trinajstić information content (AvgIpc) is 2.16. The first kappa shape index (κ1) is 9.58. The lowest BCUT2D eigenvalue weighted by atomic mass is 10.0. The summed E-state index contributed by atoms with van der Waals surface area (Å²) >= 11 is 0. The molecule has 1 aromatic rings. The molecule has 0 aromatic heterocycles. The Morgan fingerprint density at radius 1 is 1.62 bits per heavy atom. The Kier molecular flexibility index (Phi) is 2.90. The van der Waals surface area contributed by atoms with Crippen LogP contribution in [0, 0.1) is 6.92 Å². The molecule has 0 saturated heterocycles. The minimum atomic E-state index is -0.937. The summed E-state index contributed by atoms with van der Waals surface area (Å²) in [5, 5.41) is 8.70. The van der Waals surface area contributed by atoms with Crippen LogP contribution in [0.15, 0.2) is 24.3 Å². The van der Waals surface area contributed by atoms with Gasteiger partial charge in [-0.05, 0) is 24.6 Å². The summed E-state index contributed by atoms with van der Waals surface area (Å²) in [6, 6.07) is 6.90. The maximum Gasteiger partial charge on any atom is 0.310 e. The number of aliphatic carboxylic acids is 1. The highest BCUT2D eigenvalue weighted by Gasteiger charge is 2.13. The summed E-state index contributed by atoms with van der Waals surface area (Å²) < 4.78 is 4.96. The summed E-state index contributed by atoms with van der Waals surface area (Å²) in [6.45, 7) is 3.53. The number of rotatable bonds is 3. The lowest BCUT2D eigenvalue weighted by molar-refractivity contribution is -0.137. The van der Waals surface area contributed by atoms with Gasteiger partial charge in [0.25, 0.3) is 0 Å². The first-order chi connectivity index (χ1) is 6.15. The standard InChI is InChI=1S/C10H11O3/c1-7(10(11)12)8-4-3-5-9(6-8)13-2/h3-7H,1H2,2H3,(H,11,12). The van der Waals surface area contributed by atoms with E-state index in [0.717, 1.165) is 0 Å². The Bertz CT molecular complexity index is 307. The van der Waals surface area contributed by atoms with Crippen molar-refractivity contribution in [3.05, 3.63) is 36.8 Å². The minimum absolute atomic E-state index is 0.645. The molecule has 0 bridgehead atoms. The highest BCUT2D eigenvalue weighted by Crippen LogP contribution is 2.19. The Morgan fingerprint density at radius 2 is 2.31 bits per heavy atom. The third-order valence-electron chi connectivity index (χ3n) is 1.79. The maximum atomic E-state index is 10.6. The molecule has 0 amide bonds. The average molecular weight is 179 g/mol. The zero-order valence-corrected chi connectivity index (χ0v) is 7.36. The van der Waals surface area contributed by atoms with Gasteiger partial charge in [0, 0.05) is 0 Å². The van der Waals surface area contributed by atoms with Gasteiger partial charge in [-0.2, -0.15) is 0 Å². The van der Waals surface area contributed by atoms with Crippen molar-refractivity contribution in [2.75, 3.05) is 7.11 Å². The van der Waals surface area contributed by atoms with Crippen LogP contribution in [-0.4, -0.2) is 18.2 Å². The summed E-state index contributed by atoms with van der Waals surface area (Å²) in [6.07, 6.45) is 0. The van der Waals surface area contributed by atoms with E-state index in [2.05, 4.69) is 6.92 Å². The second kappa shape index (κ2) is 3.94. The number of carboxylic acid groups (broad SMARTS) is 1.